The van der Waals surface area contributed by atoms with Crippen molar-refractivity contribution in [2.24, 2.45) is 0 Å². The van der Waals surface area contributed by atoms with Crippen molar-refractivity contribution in [3.05, 3.63) is 87.7 Å². The number of nitro groups is 1. The van der Waals surface area contributed by atoms with Crippen LogP contribution in [0.4, 0.5) is 10.1 Å². The van der Waals surface area contributed by atoms with Crippen LogP contribution in [0, 0.1) is 27.3 Å². The van der Waals surface area contributed by atoms with Gasteiger partial charge in [0.15, 0.2) is 0 Å². The van der Waals surface area contributed by atoms with E-state index in [-0.39, 0.29) is 16.8 Å². The molecule has 0 radical (unpaired) electrons. The maximum atomic E-state index is 13.6. The third-order valence-electron chi connectivity index (χ3n) is 2.96. The van der Waals surface area contributed by atoms with Crippen LogP contribution >= 0.6 is 0 Å². The second-order valence-electron chi connectivity index (χ2n) is 4.35. The fraction of sp³-hybridized carbons (Fsp3) is 0. The smallest absolute Gasteiger partial charge is 0.258 e. The summed E-state index contributed by atoms with van der Waals surface area (Å²) in [7, 11) is 0. The second-order valence-corrected chi connectivity index (χ2v) is 4.35. The Bertz CT molecular complexity index is 804. The highest BCUT2D eigenvalue weighted by atomic mass is 19.1. The lowest BCUT2D eigenvalue weighted by Crippen LogP contribution is -1.90. The Morgan fingerprint density at radius 1 is 1.18 bits per heavy atom. The van der Waals surface area contributed by atoms with Gasteiger partial charge in [-0.05, 0) is 24.3 Å². The zero-order valence-electron chi connectivity index (χ0n) is 11.4. The summed E-state index contributed by atoms with van der Waals surface area (Å²) < 4.78 is 13.6. The molecule has 0 heterocycles. The fourth-order valence-electron chi connectivity index (χ4n) is 1.91. The molecule has 2 aromatic rings. The number of allylic oxidation sites excluding steroid dienone is 3. The van der Waals surface area contributed by atoms with E-state index in [4.69, 9.17) is 5.26 Å². The molecule has 0 saturated carbocycles. The summed E-state index contributed by atoms with van der Waals surface area (Å²) in [4.78, 5) is 10.4. The van der Waals surface area contributed by atoms with Crippen LogP contribution in [-0.4, -0.2) is 4.92 Å². The van der Waals surface area contributed by atoms with Gasteiger partial charge >= 0.3 is 0 Å². The molecule has 108 valence electrons. The Kier molecular flexibility index (Phi) is 4.78. The van der Waals surface area contributed by atoms with E-state index in [0.29, 0.717) is 5.56 Å². The van der Waals surface area contributed by atoms with Crippen molar-refractivity contribution in [2.75, 3.05) is 0 Å². The summed E-state index contributed by atoms with van der Waals surface area (Å²) in [5, 5.41) is 20.0. The van der Waals surface area contributed by atoms with Crippen LogP contribution in [0.2, 0.25) is 0 Å². The van der Waals surface area contributed by atoms with Crippen LogP contribution in [0.3, 0.4) is 0 Å². The molecule has 0 bridgehead atoms. The SMILES string of the molecule is N#C/C(=C/C=C/c1ccccc1[N+](=O)[O-])c1ccccc1F. The number of hydrogen-bond acceptors (Lipinski definition) is 3. The van der Waals surface area contributed by atoms with Crippen molar-refractivity contribution in [1.29, 1.82) is 5.26 Å². The first-order valence-corrected chi connectivity index (χ1v) is 6.40. The topological polar surface area (TPSA) is 66.9 Å². The summed E-state index contributed by atoms with van der Waals surface area (Å²) in [5.41, 5.74) is 0.719. The normalized spacial score (nSPS) is 11.4. The molecule has 2 aromatic carbocycles. The van der Waals surface area contributed by atoms with Crippen molar-refractivity contribution in [3.8, 4) is 6.07 Å². The summed E-state index contributed by atoms with van der Waals surface area (Å²) in [6.45, 7) is 0. The molecule has 4 nitrogen and oxygen atoms in total. The first kappa shape index (κ1) is 15.1. The van der Waals surface area contributed by atoms with Gasteiger partial charge in [-0.15, -0.1) is 0 Å². The van der Waals surface area contributed by atoms with E-state index in [1.807, 2.05) is 6.07 Å². The molecule has 0 aliphatic heterocycles. The van der Waals surface area contributed by atoms with Crippen LogP contribution in [-0.2, 0) is 0 Å². The zero-order chi connectivity index (χ0) is 15.9. The number of nitrogens with zero attached hydrogens (tertiary/aromatic N) is 2. The van der Waals surface area contributed by atoms with Gasteiger partial charge in [0.25, 0.3) is 5.69 Å². The van der Waals surface area contributed by atoms with E-state index in [1.165, 1.54) is 42.5 Å². The highest BCUT2D eigenvalue weighted by Crippen LogP contribution is 2.20. The molecule has 0 aromatic heterocycles. The Hall–Kier alpha value is -3.26. The lowest BCUT2D eigenvalue weighted by molar-refractivity contribution is -0.385. The van der Waals surface area contributed by atoms with E-state index in [0.717, 1.165) is 0 Å². The number of benzene rings is 2. The number of para-hydroxylation sites is 1. The molecular weight excluding hydrogens is 283 g/mol. The number of nitro benzene ring substituents is 1. The largest absolute Gasteiger partial charge is 0.276 e. The predicted molar refractivity (Wildman–Crippen MR) is 82.1 cm³/mol. The maximum absolute atomic E-state index is 13.6. The minimum Gasteiger partial charge on any atom is -0.258 e. The second kappa shape index (κ2) is 6.95. The van der Waals surface area contributed by atoms with E-state index in [1.54, 1.807) is 24.3 Å². The molecule has 0 unspecified atom stereocenters. The summed E-state index contributed by atoms with van der Waals surface area (Å²) in [5.74, 6) is -0.491. The predicted octanol–water partition coefficient (Wildman–Crippen LogP) is 4.35. The lowest BCUT2D eigenvalue weighted by atomic mass is 10.1. The quantitative estimate of drug-likeness (QED) is 0.364. The van der Waals surface area contributed by atoms with Crippen molar-refractivity contribution in [3.63, 3.8) is 0 Å². The van der Waals surface area contributed by atoms with Gasteiger partial charge < -0.3 is 0 Å². The average molecular weight is 294 g/mol. The molecule has 0 atom stereocenters. The van der Waals surface area contributed by atoms with Crippen LogP contribution in [0.15, 0.2) is 60.7 Å². The van der Waals surface area contributed by atoms with Crippen LogP contribution in [0.1, 0.15) is 11.1 Å². The number of rotatable bonds is 4. The van der Waals surface area contributed by atoms with Crippen LogP contribution in [0.25, 0.3) is 11.6 Å². The van der Waals surface area contributed by atoms with E-state index in [2.05, 4.69) is 0 Å². The average Bonchev–Trinajstić information content (AvgIpc) is 2.53. The summed E-state index contributed by atoms with van der Waals surface area (Å²) >= 11 is 0. The standard InChI is InChI=1S/C17H11FN2O2/c18-16-10-3-2-9-15(16)14(12-19)8-5-7-13-6-1-4-11-17(13)20(21)22/h1-11H/b7-5+,14-8-. The van der Waals surface area contributed by atoms with Crippen LogP contribution < -0.4 is 0 Å². The number of hydrogen-bond donors (Lipinski definition) is 0. The molecule has 5 heteroatoms. The lowest BCUT2D eigenvalue weighted by Gasteiger charge is -1.99. The van der Waals surface area contributed by atoms with Gasteiger partial charge in [-0.2, -0.15) is 5.26 Å². The minimum absolute atomic E-state index is 0.0310. The van der Waals surface area contributed by atoms with Crippen molar-refractivity contribution in [1.82, 2.24) is 0 Å². The Morgan fingerprint density at radius 3 is 2.55 bits per heavy atom. The van der Waals surface area contributed by atoms with Gasteiger partial charge in [0.2, 0.25) is 0 Å². The maximum Gasteiger partial charge on any atom is 0.276 e. The summed E-state index contributed by atoms with van der Waals surface area (Å²) in [6, 6.07) is 14.1. The van der Waals surface area contributed by atoms with E-state index < -0.39 is 10.7 Å². The third kappa shape index (κ3) is 3.44. The first-order chi connectivity index (χ1) is 10.6. The highest BCUT2D eigenvalue weighted by Gasteiger charge is 2.09. The Labute approximate surface area is 126 Å². The molecule has 22 heavy (non-hydrogen) atoms. The molecule has 0 aliphatic rings. The molecular formula is C17H11FN2O2. The molecule has 0 saturated heterocycles. The van der Waals surface area contributed by atoms with E-state index >= 15 is 0 Å². The van der Waals surface area contributed by atoms with Gasteiger partial charge in [-0.25, -0.2) is 4.39 Å². The molecule has 0 N–H and O–H groups in total. The number of nitriles is 1. The highest BCUT2D eigenvalue weighted by molar-refractivity contribution is 5.79. The van der Waals surface area contributed by atoms with Gasteiger partial charge in [0, 0.05) is 11.6 Å². The molecule has 0 fully saturated rings. The van der Waals surface area contributed by atoms with Gasteiger partial charge in [-0.3, -0.25) is 10.1 Å². The van der Waals surface area contributed by atoms with Crippen molar-refractivity contribution >= 4 is 17.3 Å². The third-order valence-corrected chi connectivity index (χ3v) is 2.96. The fourth-order valence-corrected chi connectivity index (χ4v) is 1.91. The molecule has 0 spiro atoms. The monoisotopic (exact) mass is 294 g/mol. The Morgan fingerprint density at radius 2 is 1.86 bits per heavy atom. The van der Waals surface area contributed by atoms with Crippen molar-refractivity contribution in [2.45, 2.75) is 0 Å². The molecule has 2 rings (SSSR count). The summed E-state index contributed by atoms with van der Waals surface area (Å²) in [6.07, 6.45) is 4.43. The zero-order valence-corrected chi connectivity index (χ0v) is 11.4. The molecule has 0 amide bonds. The van der Waals surface area contributed by atoms with Gasteiger partial charge in [0.05, 0.1) is 22.1 Å². The van der Waals surface area contributed by atoms with E-state index in [9.17, 15) is 14.5 Å². The van der Waals surface area contributed by atoms with Gasteiger partial charge in [0.1, 0.15) is 5.82 Å². The minimum atomic E-state index is -0.491. The number of halogens is 1. The van der Waals surface area contributed by atoms with Gasteiger partial charge in [-0.1, -0.05) is 36.4 Å². The first-order valence-electron chi connectivity index (χ1n) is 6.40. The Balaban J connectivity index is 2.33. The van der Waals surface area contributed by atoms with Crippen LogP contribution in [0.5, 0.6) is 0 Å². The van der Waals surface area contributed by atoms with Crippen molar-refractivity contribution < 1.29 is 9.31 Å². The molecule has 0 aliphatic carbocycles.